The second kappa shape index (κ2) is 6.03. The summed E-state index contributed by atoms with van der Waals surface area (Å²) in [5.74, 6) is 0. The van der Waals surface area contributed by atoms with Gasteiger partial charge < -0.3 is 11.5 Å². The number of rotatable bonds is 2. The van der Waals surface area contributed by atoms with Crippen LogP contribution in [0.25, 0.3) is 33.4 Å². The van der Waals surface area contributed by atoms with E-state index in [-0.39, 0.29) is 0 Å². The Balaban J connectivity index is 1.86. The van der Waals surface area contributed by atoms with Gasteiger partial charge in [0.1, 0.15) is 0 Å². The highest BCUT2D eigenvalue weighted by molar-refractivity contribution is 5.98. The molecule has 27 heavy (non-hydrogen) atoms. The van der Waals surface area contributed by atoms with Crippen LogP contribution in [0.15, 0.2) is 84.9 Å². The standard InChI is InChI=1S/C25H20N2/c26-23-11-5-3-9-19(23)20-14-13-18-17-8-2-1-7-16(17)15-22(18)25(20)21-10-4-6-12-24(21)27/h1-14H,15,26-27H2. The number of anilines is 2. The Morgan fingerprint density at radius 2 is 1.04 bits per heavy atom. The van der Waals surface area contributed by atoms with Gasteiger partial charge in [0.25, 0.3) is 0 Å². The predicted octanol–water partition coefficient (Wildman–Crippen LogP) is 5.76. The number of nitrogens with two attached hydrogens (primary N) is 2. The van der Waals surface area contributed by atoms with Crippen LogP contribution >= 0.6 is 0 Å². The van der Waals surface area contributed by atoms with E-state index in [4.69, 9.17) is 11.5 Å². The lowest BCUT2D eigenvalue weighted by atomic mass is 9.87. The summed E-state index contributed by atoms with van der Waals surface area (Å²) in [5, 5.41) is 0. The molecule has 1 aliphatic rings. The van der Waals surface area contributed by atoms with Crippen molar-refractivity contribution in [1.82, 2.24) is 0 Å². The predicted molar refractivity (Wildman–Crippen MR) is 114 cm³/mol. The third-order valence-corrected chi connectivity index (χ3v) is 5.47. The third-order valence-electron chi connectivity index (χ3n) is 5.47. The molecular formula is C25H20N2. The fourth-order valence-electron chi connectivity index (χ4n) is 4.21. The second-order valence-corrected chi connectivity index (χ2v) is 7.02. The Kier molecular flexibility index (Phi) is 3.51. The zero-order chi connectivity index (χ0) is 18.4. The average Bonchev–Trinajstić information content (AvgIpc) is 3.07. The van der Waals surface area contributed by atoms with Crippen molar-refractivity contribution in [3.63, 3.8) is 0 Å². The Bertz CT molecular complexity index is 1170. The summed E-state index contributed by atoms with van der Waals surface area (Å²) in [6, 6.07) is 29.2. The van der Waals surface area contributed by atoms with Crippen molar-refractivity contribution >= 4 is 11.4 Å². The molecule has 0 radical (unpaired) electrons. The van der Waals surface area contributed by atoms with Crippen LogP contribution in [-0.2, 0) is 6.42 Å². The molecule has 2 heteroatoms. The highest BCUT2D eigenvalue weighted by Crippen LogP contribution is 2.47. The van der Waals surface area contributed by atoms with Gasteiger partial charge in [-0.05, 0) is 51.9 Å². The lowest BCUT2D eigenvalue weighted by Gasteiger charge is -2.18. The average molecular weight is 348 g/mol. The van der Waals surface area contributed by atoms with E-state index >= 15 is 0 Å². The van der Waals surface area contributed by atoms with E-state index in [0.29, 0.717) is 0 Å². The van der Waals surface area contributed by atoms with Crippen LogP contribution < -0.4 is 11.5 Å². The molecule has 0 fully saturated rings. The Morgan fingerprint density at radius 3 is 1.74 bits per heavy atom. The maximum atomic E-state index is 6.41. The van der Waals surface area contributed by atoms with Gasteiger partial charge in [-0.2, -0.15) is 0 Å². The van der Waals surface area contributed by atoms with Gasteiger partial charge in [-0.3, -0.25) is 0 Å². The van der Waals surface area contributed by atoms with E-state index in [1.54, 1.807) is 0 Å². The molecule has 2 nitrogen and oxygen atoms in total. The van der Waals surface area contributed by atoms with Crippen molar-refractivity contribution in [2.75, 3.05) is 11.5 Å². The topological polar surface area (TPSA) is 52.0 Å². The zero-order valence-corrected chi connectivity index (χ0v) is 14.9. The summed E-state index contributed by atoms with van der Waals surface area (Å²) in [6.07, 6.45) is 0.912. The molecule has 0 heterocycles. The maximum absolute atomic E-state index is 6.41. The van der Waals surface area contributed by atoms with Crippen LogP contribution in [0, 0.1) is 0 Å². The Labute approximate surface area is 159 Å². The first-order valence-electron chi connectivity index (χ1n) is 9.18. The van der Waals surface area contributed by atoms with Crippen molar-refractivity contribution in [1.29, 1.82) is 0 Å². The summed E-state index contributed by atoms with van der Waals surface area (Å²) < 4.78 is 0. The summed E-state index contributed by atoms with van der Waals surface area (Å²) in [4.78, 5) is 0. The van der Waals surface area contributed by atoms with Gasteiger partial charge in [-0.1, -0.05) is 72.8 Å². The van der Waals surface area contributed by atoms with Crippen LogP contribution in [0.5, 0.6) is 0 Å². The molecule has 130 valence electrons. The molecule has 0 amide bonds. The molecule has 0 aliphatic heterocycles. The van der Waals surface area contributed by atoms with E-state index in [1.165, 1.54) is 27.8 Å². The van der Waals surface area contributed by atoms with Crippen LogP contribution in [0.4, 0.5) is 11.4 Å². The Hall–Kier alpha value is -3.52. The van der Waals surface area contributed by atoms with Crippen molar-refractivity contribution < 1.29 is 0 Å². The van der Waals surface area contributed by atoms with Crippen LogP contribution in [0.2, 0.25) is 0 Å². The second-order valence-electron chi connectivity index (χ2n) is 7.02. The lowest BCUT2D eigenvalue weighted by molar-refractivity contribution is 1.26. The first-order chi connectivity index (χ1) is 13.2. The molecule has 0 atom stereocenters. The molecule has 0 bridgehead atoms. The molecule has 4 aromatic rings. The van der Waals surface area contributed by atoms with Gasteiger partial charge >= 0.3 is 0 Å². The first kappa shape index (κ1) is 15.7. The largest absolute Gasteiger partial charge is 0.398 e. The fraction of sp³-hybridized carbons (Fsp3) is 0.0400. The van der Waals surface area contributed by atoms with Crippen LogP contribution in [0.1, 0.15) is 11.1 Å². The van der Waals surface area contributed by atoms with E-state index in [2.05, 4.69) is 48.5 Å². The molecule has 0 spiro atoms. The van der Waals surface area contributed by atoms with Gasteiger partial charge in [-0.15, -0.1) is 0 Å². The normalized spacial score (nSPS) is 11.9. The molecule has 0 saturated heterocycles. The van der Waals surface area contributed by atoms with Gasteiger partial charge in [0, 0.05) is 22.5 Å². The lowest BCUT2D eigenvalue weighted by Crippen LogP contribution is -1.98. The fourth-order valence-corrected chi connectivity index (χ4v) is 4.21. The quantitative estimate of drug-likeness (QED) is 0.399. The van der Waals surface area contributed by atoms with Crippen LogP contribution in [0.3, 0.4) is 0 Å². The first-order valence-corrected chi connectivity index (χ1v) is 9.18. The number of fused-ring (bicyclic) bond motifs is 3. The maximum Gasteiger partial charge on any atom is 0.0394 e. The number of benzene rings is 4. The molecule has 0 saturated carbocycles. The Morgan fingerprint density at radius 1 is 0.481 bits per heavy atom. The van der Waals surface area contributed by atoms with Crippen molar-refractivity contribution in [2.24, 2.45) is 0 Å². The highest BCUT2D eigenvalue weighted by atomic mass is 14.6. The highest BCUT2D eigenvalue weighted by Gasteiger charge is 2.25. The third kappa shape index (κ3) is 2.42. The SMILES string of the molecule is Nc1ccccc1-c1ccc2c(c1-c1ccccc1N)Cc1ccccc1-2. The molecule has 1 aliphatic carbocycles. The van der Waals surface area contributed by atoms with E-state index in [1.807, 2.05) is 36.4 Å². The van der Waals surface area contributed by atoms with E-state index in [9.17, 15) is 0 Å². The summed E-state index contributed by atoms with van der Waals surface area (Å²) in [5.41, 5.74) is 24.1. The summed E-state index contributed by atoms with van der Waals surface area (Å²) in [6.45, 7) is 0. The smallest absolute Gasteiger partial charge is 0.0394 e. The van der Waals surface area contributed by atoms with Gasteiger partial charge in [0.15, 0.2) is 0 Å². The van der Waals surface area contributed by atoms with Crippen molar-refractivity contribution in [3.8, 4) is 33.4 Å². The van der Waals surface area contributed by atoms with E-state index in [0.717, 1.165) is 34.5 Å². The minimum Gasteiger partial charge on any atom is -0.398 e. The molecular weight excluding hydrogens is 328 g/mol. The van der Waals surface area contributed by atoms with Crippen molar-refractivity contribution in [3.05, 3.63) is 96.1 Å². The van der Waals surface area contributed by atoms with Crippen LogP contribution in [-0.4, -0.2) is 0 Å². The van der Waals surface area contributed by atoms with Gasteiger partial charge in [-0.25, -0.2) is 0 Å². The number of hydrogen-bond acceptors (Lipinski definition) is 2. The monoisotopic (exact) mass is 348 g/mol. The number of nitrogen functional groups attached to an aromatic ring is 2. The molecule has 5 rings (SSSR count). The zero-order valence-electron chi connectivity index (χ0n) is 14.9. The molecule has 4 N–H and O–H groups in total. The minimum atomic E-state index is 0.781. The number of hydrogen-bond donors (Lipinski definition) is 2. The molecule has 0 unspecified atom stereocenters. The van der Waals surface area contributed by atoms with E-state index < -0.39 is 0 Å². The van der Waals surface area contributed by atoms with Crippen molar-refractivity contribution in [2.45, 2.75) is 6.42 Å². The minimum absolute atomic E-state index is 0.781. The summed E-state index contributed by atoms with van der Waals surface area (Å²) in [7, 11) is 0. The molecule has 0 aromatic heterocycles. The molecule has 4 aromatic carbocycles. The summed E-state index contributed by atoms with van der Waals surface area (Å²) >= 11 is 0. The van der Waals surface area contributed by atoms with Gasteiger partial charge in [0.2, 0.25) is 0 Å². The van der Waals surface area contributed by atoms with Gasteiger partial charge in [0.05, 0.1) is 0 Å². The number of para-hydroxylation sites is 2.